The van der Waals surface area contributed by atoms with Crippen LogP contribution in [0.1, 0.15) is 55.1 Å². The zero-order chi connectivity index (χ0) is 23.5. The van der Waals surface area contributed by atoms with Crippen LogP contribution in [-0.2, 0) is 30.4 Å². The fourth-order valence-electron chi connectivity index (χ4n) is 4.67. The highest BCUT2D eigenvalue weighted by molar-refractivity contribution is 5.68. The highest BCUT2D eigenvalue weighted by Gasteiger charge is 2.44. The molecule has 34 heavy (non-hydrogen) atoms. The summed E-state index contributed by atoms with van der Waals surface area (Å²) >= 11 is 0. The third-order valence-corrected chi connectivity index (χ3v) is 6.50. The second kappa shape index (κ2) is 9.22. The molecule has 3 heterocycles. The molecule has 176 valence electrons. The highest BCUT2D eigenvalue weighted by atomic mass is 16.5. The summed E-state index contributed by atoms with van der Waals surface area (Å²) in [7, 11) is 1.86. The largest absolute Gasteiger partial charge is 0.489 e. The fraction of sp³-hybridized carbons (Fsp3) is 0.375. The molecule has 3 aromatic heterocycles. The van der Waals surface area contributed by atoms with E-state index in [1.54, 1.807) is 0 Å². The molecular weight excluding hydrogens is 432 g/mol. The molecule has 2 unspecified atom stereocenters. The molecular formula is C24H28N8O2. The summed E-state index contributed by atoms with van der Waals surface area (Å²) in [6, 6.07) is 10.1. The number of ether oxygens (including phenoxy) is 1. The zero-order valence-corrected chi connectivity index (χ0v) is 19.3. The fourth-order valence-corrected chi connectivity index (χ4v) is 4.67. The number of tetrazole rings is 1. The number of aromatic nitrogens is 8. The maximum atomic E-state index is 9.53. The summed E-state index contributed by atoms with van der Waals surface area (Å²) in [6.07, 6.45) is 8.66. The number of hydrogen-bond donors (Lipinski definition) is 3. The summed E-state index contributed by atoms with van der Waals surface area (Å²) < 4.78 is 7.86. The predicted octanol–water partition coefficient (Wildman–Crippen LogP) is 3.18. The van der Waals surface area contributed by atoms with Gasteiger partial charge in [-0.25, -0.2) is 9.97 Å². The van der Waals surface area contributed by atoms with Crippen molar-refractivity contribution in [1.29, 1.82) is 0 Å². The Morgan fingerprint density at radius 1 is 1.24 bits per heavy atom. The van der Waals surface area contributed by atoms with Crippen LogP contribution in [0.4, 0.5) is 0 Å². The van der Waals surface area contributed by atoms with Crippen molar-refractivity contribution in [2.45, 2.75) is 50.7 Å². The molecule has 0 fully saturated rings. The molecule has 10 heteroatoms. The third-order valence-electron chi connectivity index (χ3n) is 6.50. The Morgan fingerprint density at radius 2 is 2.09 bits per heavy atom. The first-order chi connectivity index (χ1) is 16.6. The molecule has 5 rings (SSSR count). The van der Waals surface area contributed by atoms with Gasteiger partial charge in [-0.05, 0) is 30.6 Å². The molecule has 0 saturated heterocycles. The van der Waals surface area contributed by atoms with Crippen molar-refractivity contribution in [3.63, 3.8) is 0 Å². The van der Waals surface area contributed by atoms with Crippen LogP contribution in [0.2, 0.25) is 0 Å². The van der Waals surface area contributed by atoms with Gasteiger partial charge in [-0.3, -0.25) is 0 Å². The first-order valence-electron chi connectivity index (χ1n) is 11.5. The number of allylic oxidation sites excluding steroid dienone is 3. The number of fused-ring (bicyclic) bond motifs is 1. The number of nitrogens with one attached hydrogen (secondary N) is 2. The van der Waals surface area contributed by atoms with Gasteiger partial charge in [0.25, 0.3) is 0 Å². The van der Waals surface area contributed by atoms with E-state index >= 15 is 0 Å². The molecule has 3 N–H and O–H groups in total. The third kappa shape index (κ3) is 3.90. The van der Waals surface area contributed by atoms with E-state index < -0.39 is 5.41 Å². The van der Waals surface area contributed by atoms with Crippen LogP contribution in [0.5, 0.6) is 0 Å². The lowest BCUT2D eigenvalue weighted by molar-refractivity contribution is 0.205. The Morgan fingerprint density at radius 3 is 2.74 bits per heavy atom. The van der Waals surface area contributed by atoms with Crippen molar-refractivity contribution in [1.82, 2.24) is 40.1 Å². The summed E-state index contributed by atoms with van der Waals surface area (Å²) in [5.74, 6) is 2.78. The molecule has 10 nitrogen and oxygen atoms in total. The number of aliphatic hydroxyl groups is 1. The summed E-state index contributed by atoms with van der Waals surface area (Å²) in [6.45, 7) is 2.52. The molecule has 1 aliphatic rings. The van der Waals surface area contributed by atoms with E-state index in [9.17, 15) is 5.11 Å². The summed E-state index contributed by atoms with van der Waals surface area (Å²) in [5, 5.41) is 24.8. The molecule has 0 spiro atoms. The lowest BCUT2D eigenvalue weighted by Crippen LogP contribution is -2.35. The van der Waals surface area contributed by atoms with E-state index in [1.807, 2.05) is 48.0 Å². The smallest absolute Gasteiger partial charge is 0.185 e. The minimum atomic E-state index is -0.545. The Hall–Kier alpha value is -3.79. The van der Waals surface area contributed by atoms with Crippen LogP contribution >= 0.6 is 0 Å². The van der Waals surface area contributed by atoms with Gasteiger partial charge in [-0.2, -0.15) is 5.21 Å². The molecule has 0 saturated carbocycles. The summed E-state index contributed by atoms with van der Waals surface area (Å²) in [4.78, 5) is 12.8. The van der Waals surface area contributed by atoms with Crippen molar-refractivity contribution in [2.24, 2.45) is 7.05 Å². The van der Waals surface area contributed by atoms with Crippen LogP contribution in [0.15, 0.2) is 54.3 Å². The SMILES string of the molecule is CCCC(c1nc2c(nc(CO)n2C)[nH]1)C1(c2nn[nH]n2)C=CC(OCc2ccccc2)=CC1. The molecule has 0 aliphatic heterocycles. The Labute approximate surface area is 196 Å². The van der Waals surface area contributed by atoms with E-state index in [1.165, 1.54) is 0 Å². The van der Waals surface area contributed by atoms with Gasteiger partial charge in [0.2, 0.25) is 0 Å². The van der Waals surface area contributed by atoms with Gasteiger partial charge < -0.3 is 19.4 Å². The van der Waals surface area contributed by atoms with Crippen molar-refractivity contribution in [3.8, 4) is 0 Å². The number of rotatable bonds is 9. The van der Waals surface area contributed by atoms with E-state index in [0.29, 0.717) is 36.0 Å². The predicted molar refractivity (Wildman–Crippen MR) is 125 cm³/mol. The van der Waals surface area contributed by atoms with Crippen molar-refractivity contribution in [2.75, 3.05) is 0 Å². The highest BCUT2D eigenvalue weighted by Crippen LogP contribution is 2.46. The van der Waals surface area contributed by atoms with Crippen molar-refractivity contribution in [3.05, 3.63) is 77.4 Å². The van der Waals surface area contributed by atoms with Crippen LogP contribution in [0.25, 0.3) is 11.3 Å². The van der Waals surface area contributed by atoms with E-state index in [0.717, 1.165) is 30.0 Å². The Bertz CT molecular complexity index is 1310. The maximum Gasteiger partial charge on any atom is 0.185 e. The molecule has 1 aliphatic carbocycles. The van der Waals surface area contributed by atoms with Gasteiger partial charge in [-0.1, -0.05) is 55.0 Å². The molecule has 2 atom stereocenters. The monoisotopic (exact) mass is 460 g/mol. The Balaban J connectivity index is 1.47. The molecule has 0 radical (unpaired) electrons. The van der Waals surface area contributed by atoms with Gasteiger partial charge >= 0.3 is 0 Å². The second-order valence-electron chi connectivity index (χ2n) is 8.57. The van der Waals surface area contributed by atoms with Crippen LogP contribution in [0, 0.1) is 0 Å². The van der Waals surface area contributed by atoms with Crippen LogP contribution in [-0.4, -0.2) is 45.2 Å². The van der Waals surface area contributed by atoms with Crippen LogP contribution in [0.3, 0.4) is 0 Å². The normalized spacial score (nSPS) is 18.9. The van der Waals surface area contributed by atoms with E-state index in [4.69, 9.17) is 9.72 Å². The van der Waals surface area contributed by atoms with Gasteiger partial charge in [0.05, 0.1) is 5.41 Å². The number of aliphatic hydroxyl groups excluding tert-OH is 1. The maximum absolute atomic E-state index is 9.53. The number of H-pyrrole nitrogens is 2. The molecule has 0 amide bonds. The Kier molecular flexibility index (Phi) is 5.97. The zero-order valence-electron chi connectivity index (χ0n) is 19.3. The minimum absolute atomic E-state index is 0.0370. The average Bonchev–Trinajstić information content (AvgIpc) is 3.61. The minimum Gasteiger partial charge on any atom is -0.489 e. The number of imidazole rings is 2. The number of nitrogens with zero attached hydrogens (tertiary/aromatic N) is 6. The van der Waals surface area contributed by atoms with Crippen LogP contribution < -0.4 is 0 Å². The van der Waals surface area contributed by atoms with Gasteiger partial charge in [0.15, 0.2) is 17.1 Å². The van der Waals surface area contributed by atoms with Gasteiger partial charge in [0, 0.05) is 13.0 Å². The number of hydrogen-bond acceptors (Lipinski definition) is 7. The van der Waals surface area contributed by atoms with E-state index in [2.05, 4.69) is 49.7 Å². The molecule has 1 aromatic carbocycles. The second-order valence-corrected chi connectivity index (χ2v) is 8.57. The van der Waals surface area contributed by atoms with Gasteiger partial charge in [-0.15, -0.1) is 10.2 Å². The quantitative estimate of drug-likeness (QED) is 0.350. The number of benzene rings is 1. The molecule has 4 aromatic rings. The topological polar surface area (TPSA) is 130 Å². The van der Waals surface area contributed by atoms with E-state index in [-0.39, 0.29) is 12.5 Å². The average molecular weight is 461 g/mol. The molecule has 0 bridgehead atoms. The lowest BCUT2D eigenvalue weighted by Gasteiger charge is -2.36. The van der Waals surface area contributed by atoms with Gasteiger partial charge in [0.1, 0.15) is 30.6 Å². The van der Waals surface area contributed by atoms with Crippen molar-refractivity contribution >= 4 is 11.3 Å². The number of aryl methyl sites for hydroxylation is 1. The number of aromatic amines is 2. The lowest BCUT2D eigenvalue weighted by atomic mass is 9.68. The standard InChI is InChI=1S/C24H28N8O2/c1-3-7-18(20-26-21-22(27-20)32(2)19(14-33)25-21)24(23-28-30-31-29-23)12-10-17(11-13-24)34-15-16-8-5-4-6-9-16/h4-6,8-12,18,33H,3,7,13-15H2,1-2H3,(H,26,27)(H,28,29,30,31). The van der Waals surface area contributed by atoms with Crippen molar-refractivity contribution < 1.29 is 9.84 Å². The first-order valence-corrected chi connectivity index (χ1v) is 11.5. The summed E-state index contributed by atoms with van der Waals surface area (Å²) in [5.41, 5.74) is 1.95. The first kappa shape index (κ1) is 22.0.